The molecule has 3 N–H and O–H groups in total. The summed E-state index contributed by atoms with van der Waals surface area (Å²) in [4.78, 5) is 11.5. The number of nitrogens with two attached hydrogens (primary N) is 1. The van der Waals surface area contributed by atoms with Crippen LogP contribution in [-0.2, 0) is 4.79 Å². The number of amides is 1. The van der Waals surface area contributed by atoms with Crippen LogP contribution < -0.4 is 11.1 Å². The Balaban J connectivity index is 2.81. The Morgan fingerprint density at radius 3 is 2.47 bits per heavy atom. The predicted molar refractivity (Wildman–Crippen MR) is 57.8 cm³/mol. The average Bonchev–Trinajstić information content (AvgIpc) is 2.26. The molecule has 1 amide bonds. The van der Waals surface area contributed by atoms with Crippen molar-refractivity contribution in [3.8, 4) is 0 Å². The standard InChI is InChI=1S/C11H13F3N2O/c1-6(2-3-15)11(17)16-10-5-8(13)7(12)4-9(10)14/h4-6H,2-3,15H2,1H3,(H,16,17). The van der Waals surface area contributed by atoms with Gasteiger partial charge in [0, 0.05) is 18.1 Å². The van der Waals surface area contributed by atoms with Crippen LogP contribution in [0.25, 0.3) is 0 Å². The zero-order valence-electron chi connectivity index (χ0n) is 9.27. The monoisotopic (exact) mass is 246 g/mol. The molecule has 1 aromatic carbocycles. The van der Waals surface area contributed by atoms with Gasteiger partial charge in [0.25, 0.3) is 0 Å². The first-order valence-corrected chi connectivity index (χ1v) is 5.11. The number of nitrogens with one attached hydrogen (secondary N) is 1. The van der Waals surface area contributed by atoms with Crippen LogP contribution in [0, 0.1) is 23.4 Å². The highest BCUT2D eigenvalue weighted by Gasteiger charge is 2.16. The van der Waals surface area contributed by atoms with Gasteiger partial charge in [0.2, 0.25) is 5.91 Å². The largest absolute Gasteiger partial charge is 0.330 e. The molecule has 0 aromatic heterocycles. The van der Waals surface area contributed by atoms with E-state index in [1.807, 2.05) is 0 Å². The van der Waals surface area contributed by atoms with Gasteiger partial charge in [-0.2, -0.15) is 0 Å². The Morgan fingerprint density at radius 2 is 1.88 bits per heavy atom. The zero-order valence-corrected chi connectivity index (χ0v) is 9.27. The Labute approximate surface area is 96.8 Å². The van der Waals surface area contributed by atoms with E-state index in [0.717, 1.165) is 0 Å². The Bertz CT molecular complexity index is 423. The molecule has 1 atom stereocenters. The van der Waals surface area contributed by atoms with Gasteiger partial charge in [-0.25, -0.2) is 13.2 Å². The van der Waals surface area contributed by atoms with E-state index in [-0.39, 0.29) is 5.69 Å². The minimum Gasteiger partial charge on any atom is -0.330 e. The van der Waals surface area contributed by atoms with E-state index in [1.165, 1.54) is 0 Å². The fourth-order valence-electron chi connectivity index (χ4n) is 1.26. The van der Waals surface area contributed by atoms with Gasteiger partial charge in [0.05, 0.1) is 5.69 Å². The van der Waals surface area contributed by atoms with E-state index in [4.69, 9.17) is 5.73 Å². The minimum absolute atomic E-state index is 0.314. The predicted octanol–water partition coefficient (Wildman–Crippen LogP) is 2.03. The van der Waals surface area contributed by atoms with Gasteiger partial charge in [-0.1, -0.05) is 6.92 Å². The van der Waals surface area contributed by atoms with Gasteiger partial charge in [0.15, 0.2) is 11.6 Å². The van der Waals surface area contributed by atoms with Crippen molar-refractivity contribution < 1.29 is 18.0 Å². The molecule has 0 heterocycles. The Hall–Kier alpha value is -1.56. The highest BCUT2D eigenvalue weighted by molar-refractivity contribution is 5.92. The second kappa shape index (κ2) is 5.67. The van der Waals surface area contributed by atoms with Crippen LogP contribution in [0.15, 0.2) is 12.1 Å². The molecule has 0 saturated heterocycles. The molecule has 0 fully saturated rings. The fourth-order valence-corrected chi connectivity index (χ4v) is 1.26. The van der Waals surface area contributed by atoms with Crippen molar-refractivity contribution in [1.82, 2.24) is 0 Å². The lowest BCUT2D eigenvalue weighted by molar-refractivity contribution is -0.119. The van der Waals surface area contributed by atoms with Crippen LogP contribution in [0.1, 0.15) is 13.3 Å². The molecule has 0 aliphatic heterocycles. The molecule has 17 heavy (non-hydrogen) atoms. The Morgan fingerprint density at radius 1 is 1.29 bits per heavy atom. The van der Waals surface area contributed by atoms with Gasteiger partial charge in [-0.15, -0.1) is 0 Å². The number of benzene rings is 1. The summed E-state index contributed by atoms with van der Waals surface area (Å²) in [5.74, 6) is -4.44. The molecule has 3 nitrogen and oxygen atoms in total. The molecular weight excluding hydrogens is 233 g/mol. The number of hydrogen-bond donors (Lipinski definition) is 2. The van der Waals surface area contributed by atoms with E-state index in [0.29, 0.717) is 25.1 Å². The molecule has 0 aliphatic carbocycles. The van der Waals surface area contributed by atoms with Crippen molar-refractivity contribution in [2.75, 3.05) is 11.9 Å². The molecule has 1 unspecified atom stereocenters. The molecule has 0 radical (unpaired) electrons. The first-order chi connectivity index (χ1) is 7.95. The smallest absolute Gasteiger partial charge is 0.227 e. The van der Waals surface area contributed by atoms with Crippen LogP contribution in [0.4, 0.5) is 18.9 Å². The number of carbonyl (C=O) groups is 1. The summed E-state index contributed by atoms with van der Waals surface area (Å²) in [6.45, 7) is 1.93. The summed E-state index contributed by atoms with van der Waals surface area (Å²) >= 11 is 0. The van der Waals surface area contributed by atoms with Gasteiger partial charge in [-0.3, -0.25) is 4.79 Å². The maximum Gasteiger partial charge on any atom is 0.227 e. The van der Waals surface area contributed by atoms with Crippen molar-refractivity contribution in [2.24, 2.45) is 11.7 Å². The SMILES string of the molecule is CC(CCN)C(=O)Nc1cc(F)c(F)cc1F. The fraction of sp³-hybridized carbons (Fsp3) is 0.364. The number of anilines is 1. The highest BCUT2D eigenvalue weighted by atomic mass is 19.2. The van der Waals surface area contributed by atoms with E-state index in [2.05, 4.69) is 5.32 Å². The van der Waals surface area contributed by atoms with Crippen molar-refractivity contribution in [2.45, 2.75) is 13.3 Å². The zero-order chi connectivity index (χ0) is 13.0. The highest BCUT2D eigenvalue weighted by Crippen LogP contribution is 2.19. The summed E-state index contributed by atoms with van der Waals surface area (Å²) in [6, 6.07) is 0.996. The van der Waals surface area contributed by atoms with Crippen molar-refractivity contribution in [3.05, 3.63) is 29.6 Å². The number of rotatable bonds is 4. The van der Waals surface area contributed by atoms with Crippen molar-refractivity contribution >= 4 is 11.6 Å². The summed E-state index contributed by atoms with van der Waals surface area (Å²) in [5, 5.41) is 2.19. The lowest BCUT2D eigenvalue weighted by Gasteiger charge is -2.11. The molecule has 0 saturated carbocycles. The van der Waals surface area contributed by atoms with Gasteiger partial charge >= 0.3 is 0 Å². The first kappa shape index (κ1) is 13.5. The van der Waals surface area contributed by atoms with E-state index in [1.54, 1.807) is 6.92 Å². The van der Waals surface area contributed by atoms with Crippen LogP contribution in [0.5, 0.6) is 0 Å². The number of halogens is 3. The third kappa shape index (κ3) is 3.45. The molecule has 1 rings (SSSR count). The van der Waals surface area contributed by atoms with E-state index >= 15 is 0 Å². The van der Waals surface area contributed by atoms with Crippen LogP contribution in [-0.4, -0.2) is 12.5 Å². The Kier molecular flexibility index (Phi) is 4.51. The van der Waals surface area contributed by atoms with Crippen molar-refractivity contribution in [3.63, 3.8) is 0 Å². The molecule has 6 heteroatoms. The van der Waals surface area contributed by atoms with Gasteiger partial charge in [-0.05, 0) is 13.0 Å². The molecule has 94 valence electrons. The third-order valence-corrected chi connectivity index (χ3v) is 2.32. The summed E-state index contributed by atoms with van der Waals surface area (Å²) in [5.41, 5.74) is 4.89. The quantitative estimate of drug-likeness (QED) is 0.798. The van der Waals surface area contributed by atoms with Crippen LogP contribution in [0.2, 0.25) is 0 Å². The first-order valence-electron chi connectivity index (χ1n) is 5.11. The summed E-state index contributed by atoms with van der Waals surface area (Å²) in [6.07, 6.45) is 0.428. The van der Waals surface area contributed by atoms with E-state index < -0.39 is 29.3 Å². The topological polar surface area (TPSA) is 55.1 Å². The molecular formula is C11H13F3N2O. The van der Waals surface area contributed by atoms with Gasteiger partial charge < -0.3 is 11.1 Å². The van der Waals surface area contributed by atoms with Crippen LogP contribution in [0.3, 0.4) is 0 Å². The second-order valence-corrected chi connectivity index (χ2v) is 3.71. The van der Waals surface area contributed by atoms with Crippen LogP contribution >= 0.6 is 0 Å². The lowest BCUT2D eigenvalue weighted by Crippen LogP contribution is -2.23. The summed E-state index contributed by atoms with van der Waals surface area (Å²) in [7, 11) is 0. The molecule has 0 aliphatic rings. The van der Waals surface area contributed by atoms with E-state index in [9.17, 15) is 18.0 Å². The average molecular weight is 246 g/mol. The normalized spacial score (nSPS) is 12.3. The van der Waals surface area contributed by atoms with Crippen molar-refractivity contribution in [1.29, 1.82) is 0 Å². The minimum atomic E-state index is -1.30. The maximum atomic E-state index is 13.2. The maximum absolute atomic E-state index is 13.2. The number of hydrogen-bond acceptors (Lipinski definition) is 2. The third-order valence-electron chi connectivity index (χ3n) is 2.32. The second-order valence-electron chi connectivity index (χ2n) is 3.71. The van der Waals surface area contributed by atoms with Gasteiger partial charge in [0.1, 0.15) is 5.82 Å². The molecule has 0 bridgehead atoms. The molecule has 1 aromatic rings. The lowest BCUT2D eigenvalue weighted by atomic mass is 10.1. The summed E-state index contributed by atoms with van der Waals surface area (Å²) < 4.78 is 38.7. The number of carbonyl (C=O) groups excluding carboxylic acids is 1. The molecule has 0 spiro atoms.